The van der Waals surface area contributed by atoms with Crippen molar-refractivity contribution in [3.63, 3.8) is 0 Å². The second-order valence-corrected chi connectivity index (χ2v) is 7.61. The van der Waals surface area contributed by atoms with E-state index in [4.69, 9.17) is 16.3 Å². The van der Waals surface area contributed by atoms with Gasteiger partial charge in [0.25, 0.3) is 5.91 Å². The molecule has 0 radical (unpaired) electrons. The molecule has 0 aliphatic carbocycles. The van der Waals surface area contributed by atoms with Crippen LogP contribution in [-0.2, 0) is 0 Å². The van der Waals surface area contributed by atoms with Gasteiger partial charge < -0.3 is 15.0 Å². The van der Waals surface area contributed by atoms with Gasteiger partial charge in [-0.1, -0.05) is 11.6 Å². The number of H-pyrrole nitrogens is 1. The van der Waals surface area contributed by atoms with E-state index in [0.29, 0.717) is 28.5 Å². The number of amides is 1. The normalized spacial score (nSPS) is 10.9. The van der Waals surface area contributed by atoms with Gasteiger partial charge in [0.05, 0.1) is 16.1 Å². The molecular formula is C24H15ClFN5O3. The number of benzene rings is 2. The molecule has 168 valence electrons. The first-order chi connectivity index (χ1) is 16.5. The quantitative estimate of drug-likeness (QED) is 0.374. The number of fused-ring (bicyclic) bond motifs is 1. The lowest BCUT2D eigenvalue weighted by Gasteiger charge is -2.10. The monoisotopic (exact) mass is 475 g/mol. The molecule has 0 fully saturated rings. The first-order valence-corrected chi connectivity index (χ1v) is 10.4. The van der Waals surface area contributed by atoms with E-state index in [-0.39, 0.29) is 10.7 Å². The Bertz CT molecular complexity index is 1580. The standard InChI is InChI=1S/C24H15ClFN5O3/c25-18-6-3-15(13-19(18)26)31-12-9-20(32)22(30-31)24(33)29-14-1-4-16(5-2-14)34-21-8-11-28-23-17(21)7-10-27-23/h1-13H,(H,27,28)(H,29,33). The molecule has 10 heteroatoms. The van der Waals surface area contributed by atoms with E-state index in [2.05, 4.69) is 20.4 Å². The third kappa shape index (κ3) is 4.24. The third-order valence-corrected chi connectivity index (χ3v) is 5.26. The molecule has 8 nitrogen and oxygen atoms in total. The van der Waals surface area contributed by atoms with Crippen molar-refractivity contribution in [3.05, 3.63) is 106 Å². The summed E-state index contributed by atoms with van der Waals surface area (Å²) in [5.41, 5.74) is 0.544. The van der Waals surface area contributed by atoms with E-state index < -0.39 is 17.2 Å². The Labute approximate surface area is 196 Å². The van der Waals surface area contributed by atoms with Crippen molar-refractivity contribution >= 4 is 34.2 Å². The average Bonchev–Trinajstić information content (AvgIpc) is 3.32. The van der Waals surface area contributed by atoms with Gasteiger partial charge in [0.2, 0.25) is 5.43 Å². The smallest absolute Gasteiger partial charge is 0.280 e. The highest BCUT2D eigenvalue weighted by Crippen LogP contribution is 2.29. The number of nitrogens with one attached hydrogen (secondary N) is 2. The van der Waals surface area contributed by atoms with Crippen LogP contribution < -0.4 is 15.5 Å². The fourth-order valence-corrected chi connectivity index (χ4v) is 3.40. The maximum atomic E-state index is 13.8. The van der Waals surface area contributed by atoms with Crippen molar-refractivity contribution in [2.75, 3.05) is 5.32 Å². The van der Waals surface area contributed by atoms with Crippen LogP contribution >= 0.6 is 11.6 Å². The highest BCUT2D eigenvalue weighted by atomic mass is 35.5. The van der Waals surface area contributed by atoms with E-state index in [1.807, 2.05) is 6.07 Å². The number of aromatic amines is 1. The van der Waals surface area contributed by atoms with Crippen LogP contribution in [0.1, 0.15) is 10.5 Å². The number of nitrogens with zero attached hydrogens (tertiary/aromatic N) is 3. The Morgan fingerprint density at radius 2 is 1.91 bits per heavy atom. The fourth-order valence-electron chi connectivity index (χ4n) is 3.28. The number of pyridine rings is 1. The van der Waals surface area contributed by atoms with E-state index in [1.54, 1.807) is 42.7 Å². The third-order valence-electron chi connectivity index (χ3n) is 4.95. The number of hydrogen-bond donors (Lipinski definition) is 2. The van der Waals surface area contributed by atoms with Gasteiger partial charge in [0.1, 0.15) is 23.0 Å². The van der Waals surface area contributed by atoms with E-state index in [1.165, 1.54) is 29.1 Å². The van der Waals surface area contributed by atoms with Gasteiger partial charge in [-0.15, -0.1) is 0 Å². The zero-order chi connectivity index (χ0) is 23.7. The first kappa shape index (κ1) is 21.4. The largest absolute Gasteiger partial charge is 0.457 e. The molecule has 5 aromatic rings. The van der Waals surface area contributed by atoms with Crippen LogP contribution in [0.3, 0.4) is 0 Å². The summed E-state index contributed by atoms with van der Waals surface area (Å²) >= 11 is 5.71. The van der Waals surface area contributed by atoms with Gasteiger partial charge in [0.15, 0.2) is 5.69 Å². The summed E-state index contributed by atoms with van der Waals surface area (Å²) in [5.74, 6) is -0.157. The highest BCUT2D eigenvalue weighted by Gasteiger charge is 2.15. The summed E-state index contributed by atoms with van der Waals surface area (Å²) in [5, 5.41) is 7.48. The molecule has 0 aliphatic rings. The van der Waals surface area contributed by atoms with Crippen LogP contribution in [0.15, 0.2) is 84.0 Å². The lowest BCUT2D eigenvalue weighted by molar-refractivity contribution is 0.101. The van der Waals surface area contributed by atoms with Crippen molar-refractivity contribution < 1.29 is 13.9 Å². The molecule has 3 aromatic heterocycles. The van der Waals surface area contributed by atoms with Gasteiger partial charge in [-0.3, -0.25) is 9.59 Å². The van der Waals surface area contributed by atoms with Crippen molar-refractivity contribution in [3.8, 4) is 17.2 Å². The maximum Gasteiger partial charge on any atom is 0.280 e. The van der Waals surface area contributed by atoms with E-state index in [0.717, 1.165) is 11.5 Å². The lowest BCUT2D eigenvalue weighted by atomic mass is 10.2. The van der Waals surface area contributed by atoms with Crippen molar-refractivity contribution in [2.45, 2.75) is 0 Å². The second-order valence-electron chi connectivity index (χ2n) is 7.20. The minimum atomic E-state index is -0.703. The van der Waals surface area contributed by atoms with Crippen LogP contribution in [0.2, 0.25) is 5.02 Å². The minimum Gasteiger partial charge on any atom is -0.457 e. The van der Waals surface area contributed by atoms with Crippen LogP contribution in [0, 0.1) is 5.82 Å². The number of rotatable bonds is 5. The van der Waals surface area contributed by atoms with E-state index in [9.17, 15) is 14.0 Å². The van der Waals surface area contributed by atoms with Gasteiger partial charge in [-0.2, -0.15) is 5.10 Å². The predicted molar refractivity (Wildman–Crippen MR) is 125 cm³/mol. The highest BCUT2D eigenvalue weighted by molar-refractivity contribution is 6.30. The topological polar surface area (TPSA) is 102 Å². The summed E-state index contributed by atoms with van der Waals surface area (Å²) < 4.78 is 20.9. The Morgan fingerprint density at radius 1 is 1.09 bits per heavy atom. The van der Waals surface area contributed by atoms with Crippen LogP contribution in [-0.4, -0.2) is 25.7 Å². The van der Waals surface area contributed by atoms with Crippen molar-refractivity contribution in [1.29, 1.82) is 0 Å². The molecule has 34 heavy (non-hydrogen) atoms. The molecule has 3 heterocycles. The minimum absolute atomic E-state index is 0.0448. The summed E-state index contributed by atoms with van der Waals surface area (Å²) in [6, 6.07) is 15.5. The number of carbonyl (C=O) groups is 1. The number of ether oxygens (including phenoxy) is 1. The summed E-state index contributed by atoms with van der Waals surface area (Å²) in [6.07, 6.45) is 4.76. The zero-order valence-corrected chi connectivity index (χ0v) is 18.1. The molecule has 1 amide bonds. The molecule has 5 rings (SSSR count). The zero-order valence-electron chi connectivity index (χ0n) is 17.3. The summed E-state index contributed by atoms with van der Waals surface area (Å²) in [6.45, 7) is 0. The molecule has 2 N–H and O–H groups in total. The fraction of sp³-hybridized carbons (Fsp3) is 0. The van der Waals surface area contributed by atoms with Crippen LogP contribution in [0.25, 0.3) is 16.7 Å². The number of carbonyl (C=O) groups excluding carboxylic acids is 1. The predicted octanol–water partition coefficient (Wildman–Crippen LogP) is 4.95. The molecule has 0 spiro atoms. The SMILES string of the molecule is O=C(Nc1ccc(Oc2ccnc3[nH]ccc23)cc1)c1nn(-c2ccc(Cl)c(F)c2)ccc1=O. The lowest BCUT2D eigenvalue weighted by Crippen LogP contribution is -2.25. The second kappa shape index (κ2) is 8.80. The number of halogens is 2. The average molecular weight is 476 g/mol. The Balaban J connectivity index is 1.34. The van der Waals surface area contributed by atoms with E-state index >= 15 is 0 Å². The van der Waals surface area contributed by atoms with Gasteiger partial charge in [0, 0.05) is 36.4 Å². The van der Waals surface area contributed by atoms with Crippen molar-refractivity contribution in [2.24, 2.45) is 0 Å². The molecule has 0 saturated heterocycles. The molecule has 0 unspecified atom stereocenters. The number of hydrogen-bond acceptors (Lipinski definition) is 5. The summed E-state index contributed by atoms with van der Waals surface area (Å²) in [4.78, 5) is 32.2. The number of anilines is 1. The first-order valence-electron chi connectivity index (χ1n) is 10.0. The Morgan fingerprint density at radius 3 is 2.71 bits per heavy atom. The van der Waals surface area contributed by atoms with Gasteiger partial charge in [-0.05, 0) is 48.5 Å². The van der Waals surface area contributed by atoms with Crippen molar-refractivity contribution in [1.82, 2.24) is 19.7 Å². The van der Waals surface area contributed by atoms with Crippen LogP contribution in [0.4, 0.5) is 10.1 Å². The maximum absolute atomic E-state index is 13.8. The number of aromatic nitrogens is 4. The molecule has 0 saturated carbocycles. The van der Waals surface area contributed by atoms with Gasteiger partial charge in [-0.25, -0.2) is 14.1 Å². The molecular weight excluding hydrogens is 461 g/mol. The van der Waals surface area contributed by atoms with Crippen LogP contribution in [0.5, 0.6) is 11.5 Å². The molecule has 0 aliphatic heterocycles. The van der Waals surface area contributed by atoms with Gasteiger partial charge >= 0.3 is 0 Å². The molecule has 0 bridgehead atoms. The summed E-state index contributed by atoms with van der Waals surface area (Å²) in [7, 11) is 0. The Hall–Kier alpha value is -4.50. The Kier molecular flexibility index (Phi) is 5.52. The molecule has 2 aromatic carbocycles. The molecule has 0 atom stereocenters.